The van der Waals surface area contributed by atoms with Crippen molar-refractivity contribution in [1.82, 2.24) is 10.2 Å². The second-order valence-electron chi connectivity index (χ2n) is 4.98. The van der Waals surface area contributed by atoms with Crippen LogP contribution in [0.25, 0.3) is 0 Å². The van der Waals surface area contributed by atoms with Crippen LogP contribution in [0.15, 0.2) is 24.3 Å². The van der Waals surface area contributed by atoms with Crippen molar-refractivity contribution in [1.29, 1.82) is 0 Å². The number of benzene rings is 1. The zero-order chi connectivity index (χ0) is 13.9. The van der Waals surface area contributed by atoms with Crippen LogP contribution in [0.5, 0.6) is 0 Å². The number of hydrogen-bond donors (Lipinski definition) is 1. The van der Waals surface area contributed by atoms with Crippen LogP contribution in [0.3, 0.4) is 0 Å². The number of nitrogens with one attached hydrogen (secondary N) is 1. The highest BCUT2D eigenvalue weighted by Crippen LogP contribution is 2.33. The van der Waals surface area contributed by atoms with Gasteiger partial charge in [0.2, 0.25) is 0 Å². The van der Waals surface area contributed by atoms with E-state index in [9.17, 15) is 13.2 Å². The first kappa shape index (κ1) is 17.3. The van der Waals surface area contributed by atoms with Crippen LogP contribution in [0.1, 0.15) is 24.0 Å². The Morgan fingerprint density at radius 2 is 2.00 bits per heavy atom. The third kappa shape index (κ3) is 4.11. The monoisotopic (exact) mass is 308 g/mol. The normalized spacial score (nSPS) is 19.9. The highest BCUT2D eigenvalue weighted by molar-refractivity contribution is 5.85. The van der Waals surface area contributed by atoms with Crippen molar-refractivity contribution in [3.8, 4) is 0 Å². The average Bonchev–Trinajstić information content (AvgIpc) is 2.77. The SMILES string of the molecule is CNCC1CCCN1Cc1ccccc1C(F)(F)F.Cl. The second kappa shape index (κ2) is 7.29. The van der Waals surface area contributed by atoms with E-state index in [1.54, 1.807) is 12.1 Å². The lowest BCUT2D eigenvalue weighted by Gasteiger charge is -2.25. The van der Waals surface area contributed by atoms with Gasteiger partial charge in [0.25, 0.3) is 0 Å². The molecular weight excluding hydrogens is 289 g/mol. The Balaban J connectivity index is 0.00000200. The molecule has 1 fully saturated rings. The number of rotatable bonds is 4. The fourth-order valence-corrected chi connectivity index (χ4v) is 2.72. The van der Waals surface area contributed by atoms with Crippen molar-refractivity contribution in [2.24, 2.45) is 0 Å². The van der Waals surface area contributed by atoms with Gasteiger partial charge in [-0.1, -0.05) is 18.2 Å². The summed E-state index contributed by atoms with van der Waals surface area (Å²) in [5.41, 5.74) is -0.136. The second-order valence-corrected chi connectivity index (χ2v) is 4.98. The molecule has 1 unspecified atom stereocenters. The van der Waals surface area contributed by atoms with E-state index < -0.39 is 11.7 Å². The van der Waals surface area contributed by atoms with Crippen molar-refractivity contribution in [2.45, 2.75) is 31.6 Å². The van der Waals surface area contributed by atoms with E-state index in [0.29, 0.717) is 18.2 Å². The molecule has 0 bridgehead atoms. The first-order valence-corrected chi connectivity index (χ1v) is 6.56. The molecule has 114 valence electrons. The summed E-state index contributed by atoms with van der Waals surface area (Å²) >= 11 is 0. The quantitative estimate of drug-likeness (QED) is 0.918. The van der Waals surface area contributed by atoms with E-state index in [0.717, 1.165) is 25.9 Å². The number of halogens is 4. The summed E-state index contributed by atoms with van der Waals surface area (Å²) in [4.78, 5) is 2.14. The number of hydrogen-bond acceptors (Lipinski definition) is 2. The van der Waals surface area contributed by atoms with Gasteiger partial charge in [0.15, 0.2) is 0 Å². The summed E-state index contributed by atoms with van der Waals surface area (Å²) in [6.45, 7) is 2.08. The maximum atomic E-state index is 12.9. The molecule has 1 aromatic carbocycles. The molecule has 1 saturated heterocycles. The molecule has 2 rings (SSSR count). The Morgan fingerprint density at radius 1 is 1.30 bits per heavy atom. The van der Waals surface area contributed by atoms with Crippen molar-refractivity contribution >= 4 is 12.4 Å². The van der Waals surface area contributed by atoms with Gasteiger partial charge in [-0.05, 0) is 38.1 Å². The standard InChI is InChI=1S/C14H19F3N2.ClH/c1-18-9-12-6-4-8-19(12)10-11-5-2-3-7-13(11)14(15,16)17;/h2-3,5,7,12,18H,4,6,8-10H2,1H3;1H. The van der Waals surface area contributed by atoms with Crippen LogP contribution in [-0.2, 0) is 12.7 Å². The molecule has 0 aliphatic carbocycles. The smallest absolute Gasteiger partial charge is 0.318 e. The lowest BCUT2D eigenvalue weighted by molar-refractivity contribution is -0.138. The van der Waals surface area contributed by atoms with Gasteiger partial charge in [-0.15, -0.1) is 12.4 Å². The van der Waals surface area contributed by atoms with Crippen molar-refractivity contribution in [3.05, 3.63) is 35.4 Å². The summed E-state index contributed by atoms with van der Waals surface area (Å²) in [5.74, 6) is 0. The zero-order valence-corrected chi connectivity index (χ0v) is 12.2. The first-order chi connectivity index (χ1) is 9.02. The van der Waals surface area contributed by atoms with Crippen LogP contribution in [0.4, 0.5) is 13.2 Å². The molecule has 0 amide bonds. The van der Waals surface area contributed by atoms with Crippen LogP contribution < -0.4 is 5.32 Å². The highest BCUT2D eigenvalue weighted by atomic mass is 35.5. The minimum Gasteiger partial charge on any atom is -0.318 e. The molecule has 1 heterocycles. The molecule has 1 aromatic rings. The predicted molar refractivity (Wildman–Crippen MR) is 76.1 cm³/mol. The molecule has 2 nitrogen and oxygen atoms in total. The molecular formula is C14H20ClF3N2. The molecule has 0 saturated carbocycles. The van der Waals surface area contributed by atoms with Crippen molar-refractivity contribution in [3.63, 3.8) is 0 Å². The maximum absolute atomic E-state index is 12.9. The topological polar surface area (TPSA) is 15.3 Å². The summed E-state index contributed by atoms with van der Waals surface area (Å²) < 4.78 is 38.8. The van der Waals surface area contributed by atoms with Gasteiger partial charge in [-0.2, -0.15) is 13.2 Å². The molecule has 1 atom stereocenters. The number of likely N-dealkylation sites (tertiary alicyclic amines) is 1. The maximum Gasteiger partial charge on any atom is 0.416 e. The van der Waals surface area contributed by atoms with Crippen LogP contribution >= 0.6 is 12.4 Å². The Labute approximate surface area is 123 Å². The van der Waals surface area contributed by atoms with E-state index in [2.05, 4.69) is 10.2 Å². The average molecular weight is 309 g/mol. The molecule has 20 heavy (non-hydrogen) atoms. The summed E-state index contributed by atoms with van der Waals surface area (Å²) in [6.07, 6.45) is -2.16. The number of nitrogens with zero attached hydrogens (tertiary/aromatic N) is 1. The Kier molecular flexibility index (Phi) is 6.30. The zero-order valence-electron chi connectivity index (χ0n) is 11.4. The molecule has 1 aliphatic rings. The van der Waals surface area contributed by atoms with Gasteiger partial charge >= 0.3 is 6.18 Å². The molecule has 0 aromatic heterocycles. The fraction of sp³-hybridized carbons (Fsp3) is 0.571. The first-order valence-electron chi connectivity index (χ1n) is 6.56. The highest BCUT2D eigenvalue weighted by Gasteiger charge is 2.34. The Bertz CT molecular complexity index is 423. The van der Waals surface area contributed by atoms with Gasteiger partial charge < -0.3 is 5.32 Å². The fourth-order valence-electron chi connectivity index (χ4n) is 2.72. The molecule has 1 aliphatic heterocycles. The lowest BCUT2D eigenvalue weighted by Crippen LogP contribution is -2.36. The van der Waals surface area contributed by atoms with E-state index in [1.807, 2.05) is 7.05 Å². The van der Waals surface area contributed by atoms with Gasteiger partial charge in [-0.25, -0.2) is 0 Å². The van der Waals surface area contributed by atoms with Crippen LogP contribution in [-0.4, -0.2) is 31.1 Å². The van der Waals surface area contributed by atoms with E-state index in [-0.39, 0.29) is 12.4 Å². The van der Waals surface area contributed by atoms with Gasteiger partial charge in [0.1, 0.15) is 0 Å². The van der Waals surface area contributed by atoms with Gasteiger partial charge in [0.05, 0.1) is 5.56 Å². The minimum absolute atomic E-state index is 0. The third-order valence-corrected chi connectivity index (χ3v) is 3.64. The molecule has 0 radical (unpaired) electrons. The largest absolute Gasteiger partial charge is 0.416 e. The van der Waals surface area contributed by atoms with Crippen molar-refractivity contribution < 1.29 is 13.2 Å². The van der Waals surface area contributed by atoms with E-state index >= 15 is 0 Å². The minimum atomic E-state index is -4.27. The number of alkyl halides is 3. The predicted octanol–water partition coefficient (Wildman–Crippen LogP) is 3.31. The number of likely N-dealkylation sites (N-methyl/N-ethyl adjacent to an activating group) is 1. The summed E-state index contributed by atoms with van der Waals surface area (Å²) in [5, 5.41) is 3.11. The van der Waals surface area contributed by atoms with Gasteiger partial charge in [0, 0.05) is 19.1 Å². The van der Waals surface area contributed by atoms with E-state index in [4.69, 9.17) is 0 Å². The molecule has 1 N–H and O–H groups in total. The van der Waals surface area contributed by atoms with Crippen LogP contribution in [0, 0.1) is 0 Å². The van der Waals surface area contributed by atoms with E-state index in [1.165, 1.54) is 12.1 Å². The lowest BCUT2D eigenvalue weighted by atomic mass is 10.1. The molecule has 6 heteroatoms. The van der Waals surface area contributed by atoms with Gasteiger partial charge in [-0.3, -0.25) is 4.90 Å². The summed E-state index contributed by atoms with van der Waals surface area (Å²) in [7, 11) is 1.88. The van der Waals surface area contributed by atoms with Crippen molar-refractivity contribution in [2.75, 3.05) is 20.1 Å². The molecule has 0 spiro atoms. The summed E-state index contributed by atoms with van der Waals surface area (Å²) in [6, 6.07) is 6.21. The third-order valence-electron chi connectivity index (χ3n) is 3.64. The Morgan fingerprint density at radius 3 is 2.65 bits per heavy atom. The van der Waals surface area contributed by atoms with Crippen LogP contribution in [0.2, 0.25) is 0 Å². The Hall–Kier alpha value is -0.780.